The molecule has 2 aromatic carbocycles. The molecule has 0 fully saturated rings. The van der Waals surface area contributed by atoms with Gasteiger partial charge in [0.15, 0.2) is 0 Å². The number of ether oxygens (including phenoxy) is 1. The van der Waals surface area contributed by atoms with Crippen LogP contribution in [-0.2, 0) is 13.2 Å². The van der Waals surface area contributed by atoms with E-state index in [2.05, 4.69) is 40.3 Å². The number of benzene rings is 2. The van der Waals surface area contributed by atoms with Gasteiger partial charge in [-0.1, -0.05) is 31.2 Å². The molecular formula is C16H17BrFNO. The van der Waals surface area contributed by atoms with Crippen LogP contribution in [0.1, 0.15) is 18.1 Å². The van der Waals surface area contributed by atoms with Gasteiger partial charge < -0.3 is 10.1 Å². The lowest BCUT2D eigenvalue weighted by Gasteiger charge is -2.09. The molecule has 0 heterocycles. The van der Waals surface area contributed by atoms with Crippen LogP contribution >= 0.6 is 15.9 Å². The normalized spacial score (nSPS) is 10.6. The Balaban J connectivity index is 1.99. The molecular weight excluding hydrogens is 321 g/mol. The zero-order valence-corrected chi connectivity index (χ0v) is 12.9. The van der Waals surface area contributed by atoms with Crippen molar-refractivity contribution in [2.75, 3.05) is 6.54 Å². The van der Waals surface area contributed by atoms with Crippen LogP contribution in [0.4, 0.5) is 4.39 Å². The van der Waals surface area contributed by atoms with Gasteiger partial charge in [0, 0.05) is 6.54 Å². The lowest BCUT2D eigenvalue weighted by Crippen LogP contribution is -2.11. The molecule has 2 rings (SSSR count). The van der Waals surface area contributed by atoms with E-state index in [1.165, 1.54) is 17.7 Å². The van der Waals surface area contributed by atoms with Crippen molar-refractivity contribution >= 4 is 15.9 Å². The van der Waals surface area contributed by atoms with Crippen molar-refractivity contribution in [1.82, 2.24) is 5.32 Å². The molecule has 0 saturated heterocycles. The average molecular weight is 338 g/mol. The van der Waals surface area contributed by atoms with Crippen LogP contribution in [0.5, 0.6) is 5.75 Å². The van der Waals surface area contributed by atoms with Gasteiger partial charge in [0.2, 0.25) is 0 Å². The van der Waals surface area contributed by atoms with Gasteiger partial charge in [0.25, 0.3) is 0 Å². The predicted molar refractivity (Wildman–Crippen MR) is 82.3 cm³/mol. The zero-order chi connectivity index (χ0) is 14.4. The number of nitrogens with one attached hydrogen (secondary N) is 1. The fourth-order valence-electron chi connectivity index (χ4n) is 1.85. The highest BCUT2D eigenvalue weighted by Crippen LogP contribution is 2.26. The Morgan fingerprint density at radius 3 is 2.70 bits per heavy atom. The number of hydrogen-bond donors (Lipinski definition) is 1. The molecule has 0 saturated carbocycles. The molecule has 0 aliphatic heterocycles. The molecule has 2 aromatic rings. The first-order valence-electron chi connectivity index (χ1n) is 6.55. The zero-order valence-electron chi connectivity index (χ0n) is 11.3. The van der Waals surface area contributed by atoms with Crippen molar-refractivity contribution in [2.24, 2.45) is 0 Å². The third-order valence-electron chi connectivity index (χ3n) is 2.86. The number of hydrogen-bond acceptors (Lipinski definition) is 2. The molecule has 0 aliphatic rings. The molecule has 20 heavy (non-hydrogen) atoms. The first kappa shape index (κ1) is 15.0. The molecule has 106 valence electrons. The monoisotopic (exact) mass is 337 g/mol. The minimum Gasteiger partial charge on any atom is -0.488 e. The molecule has 0 unspecified atom stereocenters. The fraction of sp³-hybridized carbons (Fsp3) is 0.250. The van der Waals surface area contributed by atoms with Gasteiger partial charge in [-0.15, -0.1) is 0 Å². The summed E-state index contributed by atoms with van der Waals surface area (Å²) in [5, 5.41) is 3.29. The van der Waals surface area contributed by atoms with Crippen LogP contribution in [-0.4, -0.2) is 6.54 Å². The summed E-state index contributed by atoms with van der Waals surface area (Å²) in [6.45, 7) is 4.34. The second kappa shape index (κ2) is 7.41. The van der Waals surface area contributed by atoms with E-state index in [9.17, 15) is 4.39 Å². The molecule has 0 spiro atoms. The van der Waals surface area contributed by atoms with Gasteiger partial charge in [-0.2, -0.15) is 0 Å². The quantitative estimate of drug-likeness (QED) is 0.849. The Bertz CT molecular complexity index is 574. The van der Waals surface area contributed by atoms with Gasteiger partial charge in [-0.05, 0) is 51.8 Å². The second-order valence-corrected chi connectivity index (χ2v) is 5.32. The second-order valence-electron chi connectivity index (χ2n) is 4.46. The van der Waals surface area contributed by atoms with E-state index < -0.39 is 0 Å². The van der Waals surface area contributed by atoms with E-state index in [1.807, 2.05) is 12.1 Å². The topological polar surface area (TPSA) is 21.3 Å². The van der Waals surface area contributed by atoms with Crippen LogP contribution in [0.15, 0.2) is 46.9 Å². The van der Waals surface area contributed by atoms with E-state index in [0.29, 0.717) is 16.8 Å². The summed E-state index contributed by atoms with van der Waals surface area (Å²) < 4.78 is 19.3. The van der Waals surface area contributed by atoms with Crippen LogP contribution in [0.25, 0.3) is 0 Å². The lowest BCUT2D eigenvalue weighted by atomic mass is 10.1. The minimum atomic E-state index is -0.281. The van der Waals surface area contributed by atoms with E-state index in [0.717, 1.165) is 18.7 Å². The van der Waals surface area contributed by atoms with Gasteiger partial charge in [0.1, 0.15) is 18.2 Å². The highest BCUT2D eigenvalue weighted by molar-refractivity contribution is 9.10. The average Bonchev–Trinajstić information content (AvgIpc) is 2.45. The van der Waals surface area contributed by atoms with Crippen molar-refractivity contribution in [1.29, 1.82) is 0 Å². The van der Waals surface area contributed by atoms with Crippen molar-refractivity contribution in [3.63, 3.8) is 0 Å². The lowest BCUT2D eigenvalue weighted by molar-refractivity contribution is 0.303. The molecule has 4 heteroatoms. The molecule has 0 aliphatic carbocycles. The van der Waals surface area contributed by atoms with E-state index in [1.54, 1.807) is 6.07 Å². The largest absolute Gasteiger partial charge is 0.488 e. The number of rotatable bonds is 6. The Morgan fingerprint density at radius 1 is 1.15 bits per heavy atom. The fourth-order valence-corrected chi connectivity index (χ4v) is 2.32. The minimum absolute atomic E-state index is 0.281. The molecule has 0 aromatic heterocycles. The standard InChI is InChI=1S/C16H17BrFNO/c1-2-19-10-12-4-3-5-13(8-12)11-20-16-7-6-14(18)9-15(16)17/h3-9,19H,2,10-11H2,1H3. The van der Waals surface area contributed by atoms with Crippen LogP contribution < -0.4 is 10.1 Å². The van der Waals surface area contributed by atoms with Crippen LogP contribution in [0, 0.1) is 5.82 Å². The van der Waals surface area contributed by atoms with Crippen molar-refractivity contribution in [3.8, 4) is 5.75 Å². The summed E-state index contributed by atoms with van der Waals surface area (Å²) in [5.41, 5.74) is 2.32. The van der Waals surface area contributed by atoms with Gasteiger partial charge >= 0.3 is 0 Å². The van der Waals surface area contributed by atoms with E-state index >= 15 is 0 Å². The van der Waals surface area contributed by atoms with Gasteiger partial charge in [-0.25, -0.2) is 4.39 Å². The Hall–Kier alpha value is -1.39. The summed E-state index contributed by atoms with van der Waals surface area (Å²) in [4.78, 5) is 0. The number of halogens is 2. The summed E-state index contributed by atoms with van der Waals surface area (Å²) >= 11 is 3.29. The maximum absolute atomic E-state index is 13.0. The highest BCUT2D eigenvalue weighted by Gasteiger charge is 2.03. The Morgan fingerprint density at radius 2 is 1.95 bits per heavy atom. The van der Waals surface area contributed by atoms with E-state index in [4.69, 9.17) is 4.74 Å². The molecule has 2 nitrogen and oxygen atoms in total. The summed E-state index contributed by atoms with van der Waals surface area (Å²) in [6.07, 6.45) is 0. The first-order chi connectivity index (χ1) is 9.69. The smallest absolute Gasteiger partial charge is 0.134 e. The highest BCUT2D eigenvalue weighted by atomic mass is 79.9. The summed E-state index contributed by atoms with van der Waals surface area (Å²) in [7, 11) is 0. The third kappa shape index (κ3) is 4.32. The molecule has 0 bridgehead atoms. The first-order valence-corrected chi connectivity index (χ1v) is 7.34. The Kier molecular flexibility index (Phi) is 5.56. The maximum Gasteiger partial charge on any atom is 0.134 e. The van der Waals surface area contributed by atoms with E-state index in [-0.39, 0.29) is 5.82 Å². The molecule has 0 atom stereocenters. The maximum atomic E-state index is 13.0. The molecule has 1 N–H and O–H groups in total. The van der Waals surface area contributed by atoms with Crippen LogP contribution in [0.3, 0.4) is 0 Å². The predicted octanol–water partition coefficient (Wildman–Crippen LogP) is 4.28. The summed E-state index contributed by atoms with van der Waals surface area (Å²) in [6, 6.07) is 12.7. The van der Waals surface area contributed by atoms with Crippen molar-refractivity contribution in [2.45, 2.75) is 20.1 Å². The van der Waals surface area contributed by atoms with Crippen molar-refractivity contribution < 1.29 is 9.13 Å². The van der Waals surface area contributed by atoms with Crippen molar-refractivity contribution in [3.05, 3.63) is 63.9 Å². The van der Waals surface area contributed by atoms with Gasteiger partial charge in [-0.3, -0.25) is 0 Å². The SMILES string of the molecule is CCNCc1cccc(COc2ccc(F)cc2Br)c1. The summed E-state index contributed by atoms with van der Waals surface area (Å²) in [5.74, 6) is 0.361. The molecule has 0 radical (unpaired) electrons. The molecule has 0 amide bonds. The van der Waals surface area contributed by atoms with Gasteiger partial charge in [0.05, 0.1) is 4.47 Å². The van der Waals surface area contributed by atoms with Crippen LogP contribution in [0.2, 0.25) is 0 Å². The Labute approximate surface area is 127 Å². The third-order valence-corrected chi connectivity index (χ3v) is 3.48.